The predicted molar refractivity (Wildman–Crippen MR) is 133 cm³/mol. The van der Waals surface area contributed by atoms with Crippen molar-refractivity contribution in [3.8, 4) is 0 Å². The molecule has 0 fully saturated rings. The second-order valence-corrected chi connectivity index (χ2v) is 12.1. The van der Waals surface area contributed by atoms with E-state index in [9.17, 15) is 0 Å². The Bertz CT molecular complexity index is 332. The maximum atomic E-state index is 5.49. The zero-order valence-corrected chi connectivity index (χ0v) is 22.3. The maximum absolute atomic E-state index is 5.49. The third-order valence-electron chi connectivity index (χ3n) is 6.35. The quantitative estimate of drug-likeness (QED) is 0.114. The Labute approximate surface area is 190 Å². The van der Waals surface area contributed by atoms with Crippen molar-refractivity contribution in [1.29, 1.82) is 0 Å². The highest BCUT2D eigenvalue weighted by molar-refractivity contribution is 6.60. The fourth-order valence-electron chi connectivity index (χ4n) is 4.16. The highest BCUT2D eigenvalue weighted by Gasteiger charge is 2.36. The van der Waals surface area contributed by atoms with Gasteiger partial charge in [0.15, 0.2) is 0 Å². The molecule has 5 heteroatoms. The van der Waals surface area contributed by atoms with E-state index in [4.69, 9.17) is 13.3 Å². The maximum Gasteiger partial charge on any atom is 0.500 e. The molecular weight excluding hydrogens is 390 g/mol. The highest BCUT2D eigenvalue weighted by Crippen LogP contribution is 2.16. The number of rotatable bonds is 24. The van der Waals surface area contributed by atoms with E-state index in [2.05, 4.69) is 18.9 Å². The van der Waals surface area contributed by atoms with E-state index < -0.39 is 8.80 Å². The van der Waals surface area contributed by atoms with Gasteiger partial charge in [0.25, 0.3) is 0 Å². The SMILES string of the molecule is CCCCCCCCCCCCCCCCCCN(C)CCC[Si](OC)(OC)OC. The molecule has 0 saturated carbocycles. The molecule has 0 spiro atoms. The number of hydrogen-bond acceptors (Lipinski definition) is 4. The van der Waals surface area contributed by atoms with Gasteiger partial charge in [0.05, 0.1) is 0 Å². The van der Waals surface area contributed by atoms with Crippen LogP contribution in [0.1, 0.15) is 116 Å². The Morgan fingerprint density at radius 3 is 1.20 bits per heavy atom. The number of nitrogens with zero attached hydrogens (tertiary/aromatic N) is 1. The molecule has 0 aromatic heterocycles. The fourth-order valence-corrected chi connectivity index (χ4v) is 5.87. The smallest absolute Gasteiger partial charge is 0.377 e. The molecule has 182 valence electrons. The van der Waals surface area contributed by atoms with Gasteiger partial charge in [-0.1, -0.05) is 103 Å². The van der Waals surface area contributed by atoms with Crippen molar-refractivity contribution >= 4 is 8.80 Å². The van der Waals surface area contributed by atoms with Crippen LogP contribution in [0.15, 0.2) is 0 Å². The van der Waals surface area contributed by atoms with Crippen LogP contribution in [0.3, 0.4) is 0 Å². The van der Waals surface area contributed by atoms with Gasteiger partial charge in [-0.25, -0.2) is 0 Å². The van der Waals surface area contributed by atoms with Gasteiger partial charge in [0, 0.05) is 27.4 Å². The van der Waals surface area contributed by atoms with Gasteiger partial charge in [-0.2, -0.15) is 0 Å². The normalized spacial score (nSPS) is 12.2. The first-order chi connectivity index (χ1) is 14.6. The summed E-state index contributed by atoms with van der Waals surface area (Å²) in [5, 5.41) is 0. The summed E-state index contributed by atoms with van der Waals surface area (Å²) in [5.41, 5.74) is 0. The van der Waals surface area contributed by atoms with Crippen LogP contribution in [0.4, 0.5) is 0 Å². The first-order valence-electron chi connectivity index (χ1n) is 13.0. The molecule has 0 aromatic carbocycles. The third-order valence-corrected chi connectivity index (χ3v) is 9.18. The standard InChI is InChI=1S/C25H55NO3Si/c1-6-7-8-9-10-11-12-13-14-15-16-17-18-19-20-21-23-26(2)24-22-25-30(27-3,28-4)29-5/h6-25H2,1-5H3. The van der Waals surface area contributed by atoms with Crippen molar-refractivity contribution in [3.63, 3.8) is 0 Å². The van der Waals surface area contributed by atoms with Crippen molar-refractivity contribution < 1.29 is 13.3 Å². The Morgan fingerprint density at radius 2 is 0.833 bits per heavy atom. The van der Waals surface area contributed by atoms with Crippen LogP contribution in [0.5, 0.6) is 0 Å². The van der Waals surface area contributed by atoms with E-state index >= 15 is 0 Å². The first-order valence-corrected chi connectivity index (χ1v) is 14.9. The summed E-state index contributed by atoms with van der Waals surface area (Å²) in [6, 6.07) is 0.889. The van der Waals surface area contributed by atoms with Crippen LogP contribution in [-0.4, -0.2) is 55.2 Å². The van der Waals surface area contributed by atoms with E-state index in [0.29, 0.717) is 0 Å². The van der Waals surface area contributed by atoms with Gasteiger partial charge >= 0.3 is 8.80 Å². The average molecular weight is 446 g/mol. The molecule has 0 aromatic rings. The average Bonchev–Trinajstić information content (AvgIpc) is 2.77. The summed E-state index contributed by atoms with van der Waals surface area (Å²) < 4.78 is 16.5. The van der Waals surface area contributed by atoms with Gasteiger partial charge in [-0.05, 0) is 33.0 Å². The number of hydrogen-bond donors (Lipinski definition) is 0. The molecule has 0 rings (SSSR count). The van der Waals surface area contributed by atoms with E-state index in [0.717, 1.165) is 19.0 Å². The molecule has 0 aliphatic carbocycles. The van der Waals surface area contributed by atoms with Crippen molar-refractivity contribution in [3.05, 3.63) is 0 Å². The molecular formula is C25H55NO3Si. The van der Waals surface area contributed by atoms with Crippen LogP contribution in [0, 0.1) is 0 Å². The van der Waals surface area contributed by atoms with E-state index in [-0.39, 0.29) is 0 Å². The minimum Gasteiger partial charge on any atom is -0.377 e. The Morgan fingerprint density at radius 1 is 0.500 bits per heavy atom. The molecule has 0 unspecified atom stereocenters. The summed E-state index contributed by atoms with van der Waals surface area (Å²) in [4.78, 5) is 2.43. The van der Waals surface area contributed by atoms with Gasteiger partial charge in [-0.15, -0.1) is 0 Å². The van der Waals surface area contributed by atoms with Crippen LogP contribution in [0.2, 0.25) is 6.04 Å². The molecule has 0 bridgehead atoms. The molecule has 30 heavy (non-hydrogen) atoms. The first kappa shape index (κ1) is 30.1. The van der Waals surface area contributed by atoms with Crippen molar-refractivity contribution in [2.75, 3.05) is 41.5 Å². The van der Waals surface area contributed by atoms with Crippen molar-refractivity contribution in [2.45, 2.75) is 122 Å². The lowest BCUT2D eigenvalue weighted by Crippen LogP contribution is -2.43. The summed E-state index contributed by atoms with van der Waals surface area (Å²) in [6.45, 7) is 4.57. The van der Waals surface area contributed by atoms with E-state index in [1.54, 1.807) is 21.3 Å². The molecule has 0 aliphatic heterocycles. The molecule has 0 atom stereocenters. The minimum absolute atomic E-state index is 0.889. The Hall–Kier alpha value is 0.0569. The van der Waals surface area contributed by atoms with E-state index in [1.165, 1.54) is 109 Å². The Kier molecular flexibility index (Phi) is 22.3. The molecule has 0 radical (unpaired) electrons. The van der Waals surface area contributed by atoms with Crippen LogP contribution < -0.4 is 0 Å². The number of unbranched alkanes of at least 4 members (excludes halogenated alkanes) is 15. The zero-order valence-electron chi connectivity index (χ0n) is 21.3. The summed E-state index contributed by atoms with van der Waals surface area (Å²) in [7, 11) is 4.92. The van der Waals surface area contributed by atoms with Crippen molar-refractivity contribution in [2.24, 2.45) is 0 Å². The monoisotopic (exact) mass is 445 g/mol. The van der Waals surface area contributed by atoms with Gasteiger partial charge in [0.2, 0.25) is 0 Å². The molecule has 0 saturated heterocycles. The summed E-state index contributed by atoms with van der Waals surface area (Å²) >= 11 is 0. The van der Waals surface area contributed by atoms with Crippen molar-refractivity contribution in [1.82, 2.24) is 4.90 Å². The topological polar surface area (TPSA) is 30.9 Å². The van der Waals surface area contributed by atoms with Gasteiger partial charge in [-0.3, -0.25) is 0 Å². The van der Waals surface area contributed by atoms with Gasteiger partial charge < -0.3 is 18.2 Å². The second kappa shape index (κ2) is 22.3. The van der Waals surface area contributed by atoms with Gasteiger partial charge in [0.1, 0.15) is 0 Å². The largest absolute Gasteiger partial charge is 0.500 e. The molecule has 0 amide bonds. The summed E-state index contributed by atoms with van der Waals surface area (Å²) in [6.07, 6.45) is 23.9. The predicted octanol–water partition coefficient (Wildman–Crippen LogP) is 7.45. The molecule has 0 aliphatic rings. The Balaban J connectivity index is 3.32. The van der Waals surface area contributed by atoms with E-state index in [1.807, 2.05) is 0 Å². The second-order valence-electron chi connectivity index (χ2n) is 9.01. The van der Waals surface area contributed by atoms with Crippen LogP contribution in [-0.2, 0) is 13.3 Å². The molecule has 4 nitrogen and oxygen atoms in total. The lowest BCUT2D eigenvalue weighted by Gasteiger charge is -2.25. The molecule has 0 N–H and O–H groups in total. The molecule has 0 heterocycles. The highest BCUT2D eigenvalue weighted by atomic mass is 28.4. The lowest BCUT2D eigenvalue weighted by molar-refractivity contribution is 0.122. The fraction of sp³-hybridized carbons (Fsp3) is 1.00. The van der Waals surface area contributed by atoms with Crippen LogP contribution >= 0.6 is 0 Å². The zero-order chi connectivity index (χ0) is 22.3. The summed E-state index contributed by atoms with van der Waals surface area (Å²) in [5.74, 6) is 0. The minimum atomic E-state index is -2.39. The van der Waals surface area contributed by atoms with Crippen LogP contribution in [0.25, 0.3) is 0 Å². The lowest BCUT2D eigenvalue weighted by atomic mass is 10.0. The third kappa shape index (κ3) is 17.7.